The molecule has 146 valence electrons. The summed E-state index contributed by atoms with van der Waals surface area (Å²) in [6.45, 7) is 0.507. The quantitative estimate of drug-likeness (QED) is 0.691. The van der Waals surface area contributed by atoms with Crippen molar-refractivity contribution in [1.82, 2.24) is 10.3 Å². The molecular formula is C22H20N4O3. The molecule has 0 bridgehead atoms. The molecule has 1 aromatic heterocycles. The number of nitrogens with one attached hydrogen (secondary N) is 2. The summed E-state index contributed by atoms with van der Waals surface area (Å²) >= 11 is 0. The smallest absolute Gasteiger partial charge is 0.219 e. The van der Waals surface area contributed by atoms with Crippen LogP contribution in [0.15, 0.2) is 70.5 Å². The maximum atomic E-state index is 12.7. The van der Waals surface area contributed by atoms with Gasteiger partial charge < -0.3 is 15.4 Å². The van der Waals surface area contributed by atoms with E-state index < -0.39 is 0 Å². The van der Waals surface area contributed by atoms with Gasteiger partial charge in [-0.2, -0.15) is 0 Å². The zero-order valence-electron chi connectivity index (χ0n) is 15.7. The predicted molar refractivity (Wildman–Crippen MR) is 107 cm³/mol. The van der Waals surface area contributed by atoms with Crippen LogP contribution in [0.25, 0.3) is 0 Å². The third-order valence-electron chi connectivity index (χ3n) is 5.25. The van der Waals surface area contributed by atoms with Gasteiger partial charge in [0.15, 0.2) is 5.78 Å². The Morgan fingerprint density at radius 3 is 2.62 bits per heavy atom. The van der Waals surface area contributed by atoms with E-state index in [0.29, 0.717) is 24.7 Å². The fourth-order valence-electron chi connectivity index (χ4n) is 3.79. The molecule has 29 heavy (non-hydrogen) atoms. The molecule has 3 aromatic rings. The summed E-state index contributed by atoms with van der Waals surface area (Å²) in [6, 6.07) is 17.5. The van der Waals surface area contributed by atoms with Crippen molar-refractivity contribution in [3.8, 4) is 5.75 Å². The van der Waals surface area contributed by atoms with E-state index in [4.69, 9.17) is 9.37 Å². The van der Waals surface area contributed by atoms with Crippen LogP contribution in [-0.4, -0.2) is 16.1 Å². The van der Waals surface area contributed by atoms with Crippen LogP contribution < -0.4 is 15.4 Å². The van der Waals surface area contributed by atoms with E-state index in [1.54, 1.807) is 0 Å². The second kappa shape index (κ2) is 7.43. The van der Waals surface area contributed by atoms with E-state index in [9.17, 15) is 4.79 Å². The fourth-order valence-corrected chi connectivity index (χ4v) is 3.79. The third kappa shape index (κ3) is 3.47. The van der Waals surface area contributed by atoms with Crippen LogP contribution in [0.2, 0.25) is 0 Å². The Bertz CT molecular complexity index is 1060. The standard InChI is InChI=1S/C22H20N4O3/c27-18-8-4-7-17-19(18)20(24-22-21(23-17)25-29-26-22)15-9-11-16(12-10-15)28-13-14-5-2-1-3-6-14/h1-3,5-6,9-12,20H,4,7-8,13H2,(H,23,25)(H,24,26). The molecule has 0 amide bonds. The third-order valence-corrected chi connectivity index (χ3v) is 5.25. The second-order valence-corrected chi connectivity index (χ2v) is 7.18. The van der Waals surface area contributed by atoms with Crippen molar-refractivity contribution in [2.45, 2.75) is 31.9 Å². The van der Waals surface area contributed by atoms with E-state index in [1.807, 2.05) is 54.6 Å². The van der Waals surface area contributed by atoms with Gasteiger partial charge in [0.25, 0.3) is 0 Å². The highest BCUT2D eigenvalue weighted by molar-refractivity contribution is 6.00. The molecule has 1 unspecified atom stereocenters. The molecule has 7 heteroatoms. The van der Waals surface area contributed by atoms with Crippen LogP contribution in [0.5, 0.6) is 5.75 Å². The largest absolute Gasteiger partial charge is 0.489 e. The molecule has 0 spiro atoms. The Balaban J connectivity index is 1.41. The zero-order chi connectivity index (χ0) is 19.6. The van der Waals surface area contributed by atoms with Crippen molar-refractivity contribution in [3.05, 3.63) is 77.0 Å². The minimum atomic E-state index is -0.318. The Morgan fingerprint density at radius 1 is 1.00 bits per heavy atom. The average molecular weight is 388 g/mol. The predicted octanol–water partition coefficient (Wildman–Crippen LogP) is 4.23. The first kappa shape index (κ1) is 17.5. The van der Waals surface area contributed by atoms with Gasteiger partial charge in [-0.05, 0) is 46.4 Å². The molecule has 1 atom stereocenters. The molecule has 2 aliphatic rings. The van der Waals surface area contributed by atoms with Gasteiger partial charge in [0.1, 0.15) is 12.4 Å². The lowest BCUT2D eigenvalue weighted by Gasteiger charge is -2.25. The molecule has 7 nitrogen and oxygen atoms in total. The van der Waals surface area contributed by atoms with Gasteiger partial charge in [-0.1, -0.05) is 42.5 Å². The number of anilines is 2. The highest BCUT2D eigenvalue weighted by atomic mass is 16.6. The number of allylic oxidation sites excluding steroid dienone is 1. The summed E-state index contributed by atoms with van der Waals surface area (Å²) < 4.78 is 10.7. The van der Waals surface area contributed by atoms with E-state index in [2.05, 4.69) is 20.9 Å². The van der Waals surface area contributed by atoms with Crippen LogP contribution in [0.4, 0.5) is 11.6 Å². The lowest BCUT2D eigenvalue weighted by molar-refractivity contribution is -0.116. The van der Waals surface area contributed by atoms with Crippen molar-refractivity contribution >= 4 is 17.4 Å². The van der Waals surface area contributed by atoms with Crippen LogP contribution in [0.1, 0.15) is 36.4 Å². The number of rotatable bonds is 4. The molecule has 0 radical (unpaired) electrons. The number of Topliss-reactive ketones (excluding diaryl/α,β-unsaturated/α-hetero) is 1. The molecule has 1 aliphatic heterocycles. The number of fused-ring (bicyclic) bond motifs is 1. The topological polar surface area (TPSA) is 89.3 Å². The minimum Gasteiger partial charge on any atom is -0.489 e. The maximum Gasteiger partial charge on any atom is 0.219 e. The molecule has 0 fully saturated rings. The van der Waals surface area contributed by atoms with Gasteiger partial charge in [-0.15, -0.1) is 0 Å². The SMILES string of the molecule is O=C1CCCC2=C1C(c1ccc(OCc3ccccc3)cc1)Nc1nonc1N2. The second-order valence-electron chi connectivity index (χ2n) is 7.18. The number of ether oxygens (including phenoxy) is 1. The van der Waals surface area contributed by atoms with Crippen molar-refractivity contribution in [3.63, 3.8) is 0 Å². The van der Waals surface area contributed by atoms with Gasteiger partial charge in [0, 0.05) is 17.7 Å². The maximum absolute atomic E-state index is 12.7. The summed E-state index contributed by atoms with van der Waals surface area (Å²) in [4.78, 5) is 12.7. The Morgan fingerprint density at radius 2 is 1.79 bits per heavy atom. The molecule has 2 aromatic carbocycles. The molecule has 2 heterocycles. The molecule has 5 rings (SSSR count). The van der Waals surface area contributed by atoms with Gasteiger partial charge in [-0.3, -0.25) is 4.79 Å². The van der Waals surface area contributed by atoms with Crippen molar-refractivity contribution < 1.29 is 14.2 Å². The van der Waals surface area contributed by atoms with Crippen molar-refractivity contribution in [1.29, 1.82) is 0 Å². The highest BCUT2D eigenvalue weighted by Crippen LogP contribution is 2.39. The monoisotopic (exact) mass is 388 g/mol. The lowest BCUT2D eigenvalue weighted by atomic mass is 9.87. The Kier molecular flexibility index (Phi) is 4.48. The molecule has 0 saturated heterocycles. The van der Waals surface area contributed by atoms with Crippen molar-refractivity contribution in [2.75, 3.05) is 10.6 Å². The van der Waals surface area contributed by atoms with Crippen LogP contribution in [0, 0.1) is 0 Å². The van der Waals surface area contributed by atoms with E-state index in [0.717, 1.165) is 41.0 Å². The molecule has 1 aliphatic carbocycles. The van der Waals surface area contributed by atoms with Gasteiger partial charge in [-0.25, -0.2) is 4.63 Å². The summed E-state index contributed by atoms with van der Waals surface area (Å²) in [7, 11) is 0. The molecule has 0 saturated carbocycles. The number of ketones is 1. The number of carbonyl (C=O) groups excluding carboxylic acids is 1. The minimum absolute atomic E-state index is 0.141. The number of aromatic nitrogens is 2. The lowest BCUT2D eigenvalue weighted by Crippen LogP contribution is -2.23. The number of carbonyl (C=O) groups is 1. The highest BCUT2D eigenvalue weighted by Gasteiger charge is 2.33. The fraction of sp³-hybridized carbons (Fsp3) is 0.227. The molecular weight excluding hydrogens is 368 g/mol. The summed E-state index contributed by atoms with van der Waals surface area (Å²) in [5.74, 6) is 1.93. The first-order chi connectivity index (χ1) is 14.3. The zero-order valence-corrected chi connectivity index (χ0v) is 15.7. The van der Waals surface area contributed by atoms with Crippen LogP contribution in [-0.2, 0) is 11.4 Å². The van der Waals surface area contributed by atoms with Gasteiger partial charge in [0.2, 0.25) is 11.6 Å². The summed E-state index contributed by atoms with van der Waals surface area (Å²) in [5.41, 5.74) is 3.70. The molecule has 2 N–H and O–H groups in total. The number of hydrogen-bond donors (Lipinski definition) is 2. The summed E-state index contributed by atoms with van der Waals surface area (Å²) in [6.07, 6.45) is 2.17. The number of nitrogens with zero attached hydrogens (tertiary/aromatic N) is 2. The summed E-state index contributed by atoms with van der Waals surface area (Å²) in [5, 5.41) is 14.4. The number of hydrogen-bond acceptors (Lipinski definition) is 7. The number of benzene rings is 2. The first-order valence-corrected chi connectivity index (χ1v) is 9.67. The van der Waals surface area contributed by atoms with E-state index >= 15 is 0 Å². The average Bonchev–Trinajstić information content (AvgIpc) is 3.12. The van der Waals surface area contributed by atoms with Crippen LogP contribution >= 0.6 is 0 Å². The van der Waals surface area contributed by atoms with Gasteiger partial charge in [0.05, 0.1) is 6.04 Å². The Labute approximate surface area is 167 Å². The van der Waals surface area contributed by atoms with Gasteiger partial charge >= 0.3 is 0 Å². The van der Waals surface area contributed by atoms with E-state index in [-0.39, 0.29) is 11.8 Å². The first-order valence-electron chi connectivity index (χ1n) is 9.67. The van der Waals surface area contributed by atoms with Crippen LogP contribution in [0.3, 0.4) is 0 Å². The normalized spacial score (nSPS) is 18.2. The Hall–Kier alpha value is -3.61. The van der Waals surface area contributed by atoms with E-state index in [1.165, 1.54) is 0 Å². The van der Waals surface area contributed by atoms with Crippen molar-refractivity contribution in [2.24, 2.45) is 0 Å².